The summed E-state index contributed by atoms with van der Waals surface area (Å²) in [6.45, 7) is 3.83. The summed E-state index contributed by atoms with van der Waals surface area (Å²) in [5.74, 6) is 2.12. The molecule has 2 aromatic heterocycles. The lowest BCUT2D eigenvalue weighted by Gasteiger charge is -2.23. The molecule has 9 heteroatoms. The van der Waals surface area contributed by atoms with Crippen molar-refractivity contribution in [2.45, 2.75) is 42.3 Å². The SMILES string of the molecule is Nc1ncnc2c1nc(Sc1cc3c(cc1Br)CCO3)n2CCC1CCNCC1. The van der Waals surface area contributed by atoms with Crippen molar-refractivity contribution in [2.24, 2.45) is 5.92 Å². The quantitative estimate of drug-likeness (QED) is 0.582. The molecule has 1 aromatic carbocycles. The van der Waals surface area contributed by atoms with E-state index in [2.05, 4.69) is 47.9 Å². The number of imidazole rings is 1. The molecule has 7 nitrogen and oxygen atoms in total. The first kappa shape index (κ1) is 19.1. The Kier molecular flexibility index (Phi) is 5.36. The van der Waals surface area contributed by atoms with Gasteiger partial charge in [0.25, 0.3) is 0 Å². The van der Waals surface area contributed by atoms with Gasteiger partial charge in [-0.05, 0) is 71.9 Å². The van der Waals surface area contributed by atoms with Crippen LogP contribution in [0.25, 0.3) is 11.2 Å². The van der Waals surface area contributed by atoms with Crippen molar-refractivity contribution in [3.63, 3.8) is 0 Å². The minimum atomic E-state index is 0.425. The molecule has 3 aromatic rings. The number of benzene rings is 1. The van der Waals surface area contributed by atoms with Crippen LogP contribution in [0.2, 0.25) is 0 Å². The second kappa shape index (κ2) is 8.12. The second-order valence-corrected chi connectivity index (χ2v) is 9.41. The van der Waals surface area contributed by atoms with Crippen molar-refractivity contribution in [1.82, 2.24) is 24.8 Å². The highest BCUT2D eigenvalue weighted by molar-refractivity contribution is 9.10. The first-order chi connectivity index (χ1) is 14.2. The van der Waals surface area contributed by atoms with Gasteiger partial charge < -0.3 is 20.4 Å². The van der Waals surface area contributed by atoms with Gasteiger partial charge in [0.15, 0.2) is 22.1 Å². The summed E-state index contributed by atoms with van der Waals surface area (Å²) >= 11 is 5.34. The summed E-state index contributed by atoms with van der Waals surface area (Å²) in [6, 6.07) is 4.25. The van der Waals surface area contributed by atoms with E-state index >= 15 is 0 Å². The summed E-state index contributed by atoms with van der Waals surface area (Å²) in [5, 5.41) is 4.33. The third-order valence-corrected chi connectivity index (χ3v) is 7.66. The first-order valence-electron chi connectivity index (χ1n) is 9.99. The van der Waals surface area contributed by atoms with E-state index in [9.17, 15) is 0 Å². The van der Waals surface area contributed by atoms with Crippen molar-refractivity contribution in [3.05, 3.63) is 28.5 Å². The van der Waals surface area contributed by atoms with Gasteiger partial charge in [0.2, 0.25) is 0 Å². The lowest BCUT2D eigenvalue weighted by atomic mass is 9.95. The molecule has 4 heterocycles. The Balaban J connectivity index is 1.48. The number of aromatic nitrogens is 4. The monoisotopic (exact) mass is 474 g/mol. The van der Waals surface area contributed by atoms with Crippen LogP contribution in [0.3, 0.4) is 0 Å². The molecular weight excluding hydrogens is 452 g/mol. The van der Waals surface area contributed by atoms with Crippen molar-refractivity contribution < 1.29 is 4.74 Å². The van der Waals surface area contributed by atoms with Crippen LogP contribution in [0.5, 0.6) is 5.75 Å². The summed E-state index contributed by atoms with van der Waals surface area (Å²) in [4.78, 5) is 14.5. The third-order valence-electron chi connectivity index (χ3n) is 5.69. The summed E-state index contributed by atoms with van der Waals surface area (Å²) in [6.07, 6.45) is 6.03. The smallest absolute Gasteiger partial charge is 0.175 e. The number of piperidine rings is 1. The molecule has 3 N–H and O–H groups in total. The van der Waals surface area contributed by atoms with E-state index in [0.29, 0.717) is 11.3 Å². The van der Waals surface area contributed by atoms with Crippen LogP contribution in [0.15, 0.2) is 33.0 Å². The summed E-state index contributed by atoms with van der Waals surface area (Å²) < 4.78 is 9.01. The molecule has 1 saturated heterocycles. The molecule has 2 aliphatic rings. The highest BCUT2D eigenvalue weighted by atomic mass is 79.9. The van der Waals surface area contributed by atoms with Gasteiger partial charge >= 0.3 is 0 Å². The fourth-order valence-corrected chi connectivity index (χ4v) is 5.63. The Labute approximate surface area is 182 Å². The maximum Gasteiger partial charge on any atom is 0.175 e. The van der Waals surface area contributed by atoms with Crippen molar-refractivity contribution in [1.29, 1.82) is 0 Å². The standard InChI is InChI=1S/C20H23BrN6OS/c21-14-9-13-4-8-28-15(13)10-16(14)29-20-26-17-18(22)24-11-25-19(17)27(20)7-3-12-1-5-23-6-2-12/h9-12,23H,1-8H2,(H2,22,24,25). The minimum Gasteiger partial charge on any atom is -0.493 e. The molecule has 2 aliphatic heterocycles. The molecule has 5 rings (SSSR count). The number of nitrogen functional groups attached to an aromatic ring is 1. The predicted molar refractivity (Wildman–Crippen MR) is 117 cm³/mol. The molecule has 29 heavy (non-hydrogen) atoms. The number of nitrogens with zero attached hydrogens (tertiary/aromatic N) is 4. The number of fused-ring (bicyclic) bond motifs is 2. The Morgan fingerprint density at radius 2 is 2.14 bits per heavy atom. The van der Waals surface area contributed by atoms with Gasteiger partial charge in [-0.15, -0.1) is 0 Å². The third kappa shape index (κ3) is 3.83. The zero-order valence-corrected chi connectivity index (χ0v) is 18.4. The van der Waals surface area contributed by atoms with Crippen LogP contribution in [-0.2, 0) is 13.0 Å². The molecule has 0 amide bonds. The molecule has 1 fully saturated rings. The number of hydrogen-bond donors (Lipinski definition) is 2. The van der Waals surface area contributed by atoms with Gasteiger partial charge in [-0.2, -0.15) is 0 Å². The number of nitrogens with two attached hydrogens (primary N) is 1. The van der Waals surface area contributed by atoms with Crippen molar-refractivity contribution in [3.8, 4) is 5.75 Å². The Morgan fingerprint density at radius 3 is 3.00 bits per heavy atom. The molecule has 0 atom stereocenters. The van der Waals surface area contributed by atoms with Crippen LogP contribution in [0.4, 0.5) is 5.82 Å². The minimum absolute atomic E-state index is 0.425. The van der Waals surface area contributed by atoms with Crippen LogP contribution in [0.1, 0.15) is 24.8 Å². The van der Waals surface area contributed by atoms with Crippen molar-refractivity contribution in [2.75, 3.05) is 25.4 Å². The molecule has 152 valence electrons. The number of rotatable bonds is 5. The van der Waals surface area contributed by atoms with E-state index in [1.54, 1.807) is 11.8 Å². The highest BCUT2D eigenvalue weighted by Crippen LogP contribution is 2.40. The average Bonchev–Trinajstić information content (AvgIpc) is 3.32. The lowest BCUT2D eigenvalue weighted by molar-refractivity contribution is 0.335. The van der Waals surface area contributed by atoms with E-state index in [0.717, 1.165) is 70.9 Å². The van der Waals surface area contributed by atoms with E-state index in [1.807, 2.05) is 0 Å². The number of aryl methyl sites for hydroxylation is 1. The molecule has 0 aliphatic carbocycles. The fraction of sp³-hybridized carbons (Fsp3) is 0.450. The van der Waals surface area contributed by atoms with Gasteiger partial charge in [-0.3, -0.25) is 0 Å². The maximum absolute atomic E-state index is 6.10. The number of nitrogens with one attached hydrogen (secondary N) is 1. The molecule has 0 bridgehead atoms. The van der Waals surface area contributed by atoms with E-state index in [1.165, 1.54) is 24.7 Å². The second-order valence-electron chi connectivity index (χ2n) is 7.55. The highest BCUT2D eigenvalue weighted by Gasteiger charge is 2.21. The van der Waals surface area contributed by atoms with Crippen LogP contribution < -0.4 is 15.8 Å². The van der Waals surface area contributed by atoms with Crippen LogP contribution in [0, 0.1) is 5.92 Å². The maximum atomic E-state index is 6.10. The van der Waals surface area contributed by atoms with Gasteiger partial charge in [0.05, 0.1) is 6.61 Å². The van der Waals surface area contributed by atoms with Crippen LogP contribution >= 0.6 is 27.7 Å². The van der Waals surface area contributed by atoms with E-state index in [4.69, 9.17) is 15.5 Å². The number of ether oxygens (including phenoxy) is 1. The largest absolute Gasteiger partial charge is 0.493 e. The van der Waals surface area contributed by atoms with Gasteiger partial charge in [0, 0.05) is 22.3 Å². The van der Waals surface area contributed by atoms with Gasteiger partial charge in [-0.1, -0.05) is 11.8 Å². The topological polar surface area (TPSA) is 90.9 Å². The normalized spacial score (nSPS) is 16.9. The zero-order chi connectivity index (χ0) is 19.8. The zero-order valence-electron chi connectivity index (χ0n) is 16.0. The summed E-state index contributed by atoms with van der Waals surface area (Å²) in [5.41, 5.74) is 8.83. The molecule has 0 spiro atoms. The predicted octanol–water partition coefficient (Wildman–Crippen LogP) is 3.65. The average molecular weight is 475 g/mol. The fourth-order valence-electron chi connectivity index (χ4n) is 4.05. The lowest BCUT2D eigenvalue weighted by Crippen LogP contribution is -2.28. The van der Waals surface area contributed by atoms with Crippen molar-refractivity contribution >= 4 is 44.7 Å². The van der Waals surface area contributed by atoms with E-state index in [-0.39, 0.29) is 0 Å². The molecule has 0 saturated carbocycles. The number of anilines is 1. The Bertz CT molecular complexity index is 1050. The number of halogens is 1. The molecule has 0 radical (unpaired) electrons. The van der Waals surface area contributed by atoms with Crippen LogP contribution in [-0.4, -0.2) is 39.2 Å². The van der Waals surface area contributed by atoms with Gasteiger partial charge in [0.1, 0.15) is 12.1 Å². The molecule has 0 unspecified atom stereocenters. The van der Waals surface area contributed by atoms with E-state index < -0.39 is 0 Å². The Hall–Kier alpha value is -1.84. The van der Waals surface area contributed by atoms with Gasteiger partial charge in [-0.25, -0.2) is 15.0 Å². The number of hydrogen-bond acceptors (Lipinski definition) is 7. The molecular formula is C20H23BrN6OS. The Morgan fingerprint density at radius 1 is 1.28 bits per heavy atom. The first-order valence-corrected chi connectivity index (χ1v) is 11.6. The summed E-state index contributed by atoms with van der Waals surface area (Å²) in [7, 11) is 0.